The van der Waals surface area contributed by atoms with Crippen molar-refractivity contribution in [3.05, 3.63) is 0 Å². The van der Waals surface area contributed by atoms with Gasteiger partial charge >= 0.3 is 6.03 Å². The Morgan fingerprint density at radius 3 is 2.83 bits per heavy atom. The van der Waals surface area contributed by atoms with Crippen molar-refractivity contribution in [2.75, 3.05) is 26.3 Å². The number of hydrogen-bond acceptors (Lipinski definition) is 4. The van der Waals surface area contributed by atoms with Crippen LogP contribution in [0.3, 0.4) is 0 Å². The van der Waals surface area contributed by atoms with Gasteiger partial charge < -0.3 is 15.4 Å². The molecule has 1 rings (SSSR count). The number of carbonyl (C=O) groups is 2. The zero-order valence-electron chi connectivity index (χ0n) is 11.1. The van der Waals surface area contributed by atoms with E-state index >= 15 is 0 Å². The monoisotopic (exact) mass is 257 g/mol. The fraction of sp³-hybridized carbons (Fsp3) is 0.833. The van der Waals surface area contributed by atoms with Gasteiger partial charge in [0.05, 0.1) is 6.04 Å². The van der Waals surface area contributed by atoms with E-state index in [-0.39, 0.29) is 11.9 Å². The molecule has 0 aliphatic carbocycles. The molecule has 0 bridgehead atoms. The van der Waals surface area contributed by atoms with Crippen LogP contribution in [0.15, 0.2) is 0 Å². The van der Waals surface area contributed by atoms with Gasteiger partial charge in [-0.1, -0.05) is 0 Å². The zero-order valence-corrected chi connectivity index (χ0v) is 11.1. The number of hydrogen-bond donors (Lipinski definition) is 3. The van der Waals surface area contributed by atoms with Crippen molar-refractivity contribution in [1.82, 2.24) is 16.0 Å². The summed E-state index contributed by atoms with van der Waals surface area (Å²) < 4.78 is 5.28. The summed E-state index contributed by atoms with van der Waals surface area (Å²) in [4.78, 5) is 22.7. The minimum Gasteiger partial charge on any atom is -0.381 e. The van der Waals surface area contributed by atoms with Gasteiger partial charge in [0.15, 0.2) is 0 Å². The molecule has 1 fully saturated rings. The third-order valence-electron chi connectivity index (χ3n) is 2.99. The van der Waals surface area contributed by atoms with Gasteiger partial charge in [-0.25, -0.2) is 4.79 Å². The first-order chi connectivity index (χ1) is 8.63. The van der Waals surface area contributed by atoms with Crippen LogP contribution >= 0.6 is 0 Å². The summed E-state index contributed by atoms with van der Waals surface area (Å²) in [6.45, 7) is 6.48. The first kappa shape index (κ1) is 14.9. The molecule has 1 saturated heterocycles. The van der Waals surface area contributed by atoms with E-state index < -0.39 is 6.03 Å². The lowest BCUT2D eigenvalue weighted by molar-refractivity contribution is -0.121. The molecule has 3 amide bonds. The average molecular weight is 257 g/mol. The molecule has 1 aliphatic heterocycles. The van der Waals surface area contributed by atoms with E-state index in [1.54, 1.807) is 13.8 Å². The molecular formula is C12H23N3O3. The number of nitrogens with one attached hydrogen (secondary N) is 3. The molecule has 6 heteroatoms. The Bertz CT molecular complexity index is 278. The molecular weight excluding hydrogens is 234 g/mol. The molecule has 0 spiro atoms. The van der Waals surface area contributed by atoms with Gasteiger partial charge in [0, 0.05) is 19.8 Å². The van der Waals surface area contributed by atoms with Crippen molar-refractivity contribution in [3.63, 3.8) is 0 Å². The van der Waals surface area contributed by atoms with Gasteiger partial charge in [-0.05, 0) is 39.2 Å². The maximum atomic E-state index is 11.6. The van der Waals surface area contributed by atoms with Crippen LogP contribution in [0.2, 0.25) is 0 Å². The molecule has 6 nitrogen and oxygen atoms in total. The summed E-state index contributed by atoms with van der Waals surface area (Å²) in [5.41, 5.74) is 0. The van der Waals surface area contributed by atoms with Crippen molar-refractivity contribution in [2.45, 2.75) is 32.7 Å². The SMILES string of the molecule is CCNC(=O)NC(=O)C(C)NCCC1CCOC1. The largest absolute Gasteiger partial charge is 0.381 e. The summed E-state index contributed by atoms with van der Waals surface area (Å²) in [5, 5.41) is 7.91. The number of imide groups is 1. The number of urea groups is 1. The Morgan fingerprint density at radius 2 is 2.22 bits per heavy atom. The van der Waals surface area contributed by atoms with Gasteiger partial charge in [0.2, 0.25) is 5.91 Å². The molecule has 2 atom stereocenters. The summed E-state index contributed by atoms with van der Waals surface area (Å²) in [6.07, 6.45) is 2.10. The normalized spacial score (nSPS) is 20.4. The van der Waals surface area contributed by atoms with Crippen LogP contribution in [0.5, 0.6) is 0 Å². The maximum absolute atomic E-state index is 11.6. The van der Waals surface area contributed by atoms with Crippen LogP contribution in [-0.4, -0.2) is 44.3 Å². The topological polar surface area (TPSA) is 79.5 Å². The molecule has 0 radical (unpaired) electrons. The Hall–Kier alpha value is -1.14. The zero-order chi connectivity index (χ0) is 13.4. The molecule has 0 saturated carbocycles. The van der Waals surface area contributed by atoms with E-state index in [1.165, 1.54) is 0 Å². The lowest BCUT2D eigenvalue weighted by atomic mass is 10.1. The van der Waals surface area contributed by atoms with Crippen molar-refractivity contribution in [3.8, 4) is 0 Å². The van der Waals surface area contributed by atoms with Crippen LogP contribution in [0.1, 0.15) is 26.7 Å². The molecule has 104 valence electrons. The number of ether oxygens (including phenoxy) is 1. The Labute approximate surface area is 108 Å². The third kappa shape index (κ3) is 5.46. The van der Waals surface area contributed by atoms with Gasteiger partial charge in [-0.15, -0.1) is 0 Å². The van der Waals surface area contributed by atoms with E-state index in [1.807, 2.05) is 0 Å². The van der Waals surface area contributed by atoms with Crippen molar-refractivity contribution in [1.29, 1.82) is 0 Å². The highest BCUT2D eigenvalue weighted by atomic mass is 16.5. The quantitative estimate of drug-likeness (QED) is 0.636. The predicted molar refractivity (Wildman–Crippen MR) is 68.2 cm³/mol. The van der Waals surface area contributed by atoms with Gasteiger partial charge in [-0.2, -0.15) is 0 Å². The van der Waals surface area contributed by atoms with E-state index in [0.717, 1.165) is 32.6 Å². The first-order valence-corrected chi connectivity index (χ1v) is 6.53. The Morgan fingerprint density at radius 1 is 1.44 bits per heavy atom. The van der Waals surface area contributed by atoms with Crippen LogP contribution in [0, 0.1) is 5.92 Å². The molecule has 0 aromatic heterocycles. The fourth-order valence-corrected chi connectivity index (χ4v) is 1.83. The van der Waals surface area contributed by atoms with E-state index in [9.17, 15) is 9.59 Å². The standard InChI is InChI=1S/C12H23N3O3/c1-3-13-12(17)15-11(16)9(2)14-6-4-10-5-7-18-8-10/h9-10,14H,3-8H2,1-2H3,(H2,13,15,16,17). The molecule has 1 aliphatic rings. The Kier molecular flexibility index (Phi) is 6.67. The fourth-order valence-electron chi connectivity index (χ4n) is 1.83. The first-order valence-electron chi connectivity index (χ1n) is 6.53. The van der Waals surface area contributed by atoms with Gasteiger partial charge in [-0.3, -0.25) is 10.1 Å². The lowest BCUT2D eigenvalue weighted by Gasteiger charge is -2.14. The van der Waals surface area contributed by atoms with Crippen molar-refractivity contribution < 1.29 is 14.3 Å². The highest BCUT2D eigenvalue weighted by molar-refractivity contribution is 5.96. The molecule has 2 unspecified atom stereocenters. The highest BCUT2D eigenvalue weighted by Crippen LogP contribution is 2.15. The predicted octanol–water partition coefficient (Wildman–Crippen LogP) is 0.237. The van der Waals surface area contributed by atoms with Crippen LogP contribution in [-0.2, 0) is 9.53 Å². The number of amides is 3. The summed E-state index contributed by atoms with van der Waals surface area (Å²) in [6, 6.07) is -0.810. The van der Waals surface area contributed by atoms with E-state index in [2.05, 4.69) is 16.0 Å². The summed E-state index contributed by atoms with van der Waals surface area (Å²) in [7, 11) is 0. The minimum atomic E-state index is -0.444. The summed E-state index contributed by atoms with van der Waals surface area (Å²) >= 11 is 0. The maximum Gasteiger partial charge on any atom is 0.321 e. The van der Waals surface area contributed by atoms with E-state index in [0.29, 0.717) is 12.5 Å². The third-order valence-corrected chi connectivity index (χ3v) is 2.99. The number of rotatable bonds is 6. The molecule has 3 N–H and O–H groups in total. The lowest BCUT2D eigenvalue weighted by Crippen LogP contribution is -2.48. The van der Waals surface area contributed by atoms with Gasteiger partial charge in [0.1, 0.15) is 0 Å². The van der Waals surface area contributed by atoms with Crippen molar-refractivity contribution >= 4 is 11.9 Å². The van der Waals surface area contributed by atoms with Crippen LogP contribution < -0.4 is 16.0 Å². The molecule has 0 aromatic carbocycles. The smallest absolute Gasteiger partial charge is 0.321 e. The molecule has 1 heterocycles. The van der Waals surface area contributed by atoms with Crippen LogP contribution in [0.4, 0.5) is 4.79 Å². The van der Waals surface area contributed by atoms with E-state index in [4.69, 9.17) is 4.74 Å². The summed E-state index contributed by atoms with van der Waals surface area (Å²) in [5.74, 6) is 0.291. The Balaban J connectivity index is 2.12. The molecule has 18 heavy (non-hydrogen) atoms. The number of carbonyl (C=O) groups excluding carboxylic acids is 2. The van der Waals surface area contributed by atoms with Gasteiger partial charge in [0.25, 0.3) is 0 Å². The van der Waals surface area contributed by atoms with Crippen LogP contribution in [0.25, 0.3) is 0 Å². The minimum absolute atomic E-state index is 0.302. The molecule has 0 aromatic rings. The van der Waals surface area contributed by atoms with Crippen molar-refractivity contribution in [2.24, 2.45) is 5.92 Å². The highest BCUT2D eigenvalue weighted by Gasteiger charge is 2.17. The second-order valence-corrected chi connectivity index (χ2v) is 4.54. The second-order valence-electron chi connectivity index (χ2n) is 4.54. The average Bonchev–Trinajstić information content (AvgIpc) is 2.82. The second kappa shape index (κ2) is 8.05.